The third-order valence-electron chi connectivity index (χ3n) is 1.59. The van der Waals surface area contributed by atoms with Crippen molar-refractivity contribution in [3.63, 3.8) is 0 Å². The molecule has 0 aliphatic heterocycles. The third-order valence-corrected chi connectivity index (χ3v) is 3.76. The Morgan fingerprint density at radius 3 is 2.85 bits per heavy atom. The lowest BCUT2D eigenvalue weighted by Gasteiger charge is -1.90. The Balaban J connectivity index is 2.51. The summed E-state index contributed by atoms with van der Waals surface area (Å²) in [4.78, 5) is 11.7. The van der Waals surface area contributed by atoms with Crippen LogP contribution in [0.2, 0.25) is 0 Å². The molecule has 13 heavy (non-hydrogen) atoms. The topological polar surface area (TPSA) is 46.5 Å². The van der Waals surface area contributed by atoms with Crippen molar-refractivity contribution in [2.24, 2.45) is 0 Å². The molecule has 0 atom stereocenters. The normalized spacial score (nSPS) is 10.5. The second-order valence-electron chi connectivity index (χ2n) is 2.43. The van der Waals surface area contributed by atoms with Gasteiger partial charge in [0.25, 0.3) is 0 Å². The molecule has 0 amide bonds. The average Bonchev–Trinajstić information content (AvgIpc) is 2.59. The van der Waals surface area contributed by atoms with Crippen LogP contribution in [-0.2, 0) is 4.74 Å². The van der Waals surface area contributed by atoms with E-state index in [1.54, 1.807) is 12.1 Å². The first-order valence-corrected chi connectivity index (χ1v) is 5.14. The van der Waals surface area contributed by atoms with Crippen molar-refractivity contribution in [1.82, 2.24) is 0 Å². The molecule has 2 aromatic rings. The largest absolute Gasteiger partial charge is 0.499 e. The van der Waals surface area contributed by atoms with Crippen LogP contribution >= 0.6 is 22.7 Å². The Morgan fingerprint density at radius 1 is 1.46 bits per heavy atom. The monoisotopic (exact) mass is 214 g/mol. The van der Waals surface area contributed by atoms with E-state index in [9.17, 15) is 4.79 Å². The lowest BCUT2D eigenvalue weighted by atomic mass is 10.4. The summed E-state index contributed by atoms with van der Waals surface area (Å²) >= 11 is 2.60. The van der Waals surface area contributed by atoms with Gasteiger partial charge < -0.3 is 9.84 Å². The summed E-state index contributed by atoms with van der Waals surface area (Å²) in [7, 11) is 1.35. The van der Waals surface area contributed by atoms with E-state index in [0.29, 0.717) is 4.88 Å². The molecule has 0 aromatic carbocycles. The van der Waals surface area contributed by atoms with Gasteiger partial charge in [0.15, 0.2) is 5.06 Å². The summed E-state index contributed by atoms with van der Waals surface area (Å²) in [5.74, 6) is -0.326. The SMILES string of the molecule is COC(=O)c1cc2cc(O)sc2s1. The van der Waals surface area contributed by atoms with Crippen LogP contribution in [0.5, 0.6) is 5.06 Å². The first kappa shape index (κ1) is 8.52. The fourth-order valence-corrected chi connectivity index (χ4v) is 3.12. The molecular formula is C8H6O3S2. The third kappa shape index (κ3) is 1.40. The summed E-state index contributed by atoms with van der Waals surface area (Å²) in [5.41, 5.74) is 0. The van der Waals surface area contributed by atoms with E-state index in [1.807, 2.05) is 0 Å². The highest BCUT2D eigenvalue weighted by Crippen LogP contribution is 2.36. The number of carbonyl (C=O) groups is 1. The van der Waals surface area contributed by atoms with E-state index in [2.05, 4.69) is 4.74 Å². The van der Waals surface area contributed by atoms with Crippen LogP contribution in [0.4, 0.5) is 0 Å². The van der Waals surface area contributed by atoms with Crippen molar-refractivity contribution >= 4 is 38.0 Å². The molecule has 0 spiro atoms. The van der Waals surface area contributed by atoms with Crippen LogP contribution in [-0.4, -0.2) is 18.2 Å². The van der Waals surface area contributed by atoms with Gasteiger partial charge in [-0.1, -0.05) is 11.3 Å². The minimum absolute atomic E-state index is 0.276. The standard InChI is InChI=1S/C8H6O3S2/c1-11-7(10)5-2-4-3-6(9)13-8(4)12-5/h2-3,9H,1H3. The second kappa shape index (κ2) is 3.01. The number of aromatic hydroxyl groups is 1. The zero-order valence-electron chi connectivity index (χ0n) is 6.73. The number of hydrogen-bond donors (Lipinski definition) is 1. The highest BCUT2D eigenvalue weighted by Gasteiger charge is 2.12. The molecule has 2 aromatic heterocycles. The molecule has 0 bridgehead atoms. The highest BCUT2D eigenvalue weighted by atomic mass is 32.2. The van der Waals surface area contributed by atoms with Crippen LogP contribution in [0, 0.1) is 0 Å². The second-order valence-corrected chi connectivity index (χ2v) is 4.77. The maximum atomic E-state index is 11.1. The first-order valence-electron chi connectivity index (χ1n) is 3.51. The Morgan fingerprint density at radius 2 is 2.23 bits per heavy atom. The lowest BCUT2D eigenvalue weighted by Crippen LogP contribution is -1.96. The molecule has 0 saturated carbocycles. The summed E-state index contributed by atoms with van der Waals surface area (Å²) in [6.07, 6.45) is 0. The highest BCUT2D eigenvalue weighted by molar-refractivity contribution is 7.39. The van der Waals surface area contributed by atoms with Crippen molar-refractivity contribution in [2.75, 3.05) is 7.11 Å². The van der Waals surface area contributed by atoms with Gasteiger partial charge in [-0.2, -0.15) is 0 Å². The zero-order valence-corrected chi connectivity index (χ0v) is 8.37. The number of esters is 1. The number of hydrogen-bond acceptors (Lipinski definition) is 5. The van der Waals surface area contributed by atoms with Crippen molar-refractivity contribution in [3.8, 4) is 5.06 Å². The van der Waals surface area contributed by atoms with Crippen LogP contribution in [0.3, 0.4) is 0 Å². The van der Waals surface area contributed by atoms with Crippen LogP contribution in [0.1, 0.15) is 9.67 Å². The molecule has 5 heteroatoms. The van der Waals surface area contributed by atoms with Crippen molar-refractivity contribution < 1.29 is 14.6 Å². The smallest absolute Gasteiger partial charge is 0.348 e. The Labute approximate surface area is 82.2 Å². The van der Waals surface area contributed by atoms with E-state index in [0.717, 1.165) is 9.40 Å². The van der Waals surface area contributed by atoms with E-state index in [1.165, 1.54) is 29.8 Å². The van der Waals surface area contributed by atoms with Crippen molar-refractivity contribution in [3.05, 3.63) is 17.0 Å². The van der Waals surface area contributed by atoms with E-state index in [-0.39, 0.29) is 11.0 Å². The number of fused-ring (bicyclic) bond motifs is 1. The maximum absolute atomic E-state index is 11.1. The summed E-state index contributed by atoms with van der Waals surface area (Å²) in [5, 5.41) is 10.3. The Kier molecular flexibility index (Phi) is 1.97. The molecule has 0 unspecified atom stereocenters. The van der Waals surface area contributed by atoms with Gasteiger partial charge in [-0.3, -0.25) is 0 Å². The molecule has 0 aliphatic carbocycles. The number of thiophene rings is 2. The lowest BCUT2D eigenvalue weighted by molar-refractivity contribution is 0.0606. The van der Waals surface area contributed by atoms with Gasteiger partial charge in [-0.15, -0.1) is 11.3 Å². The molecular weight excluding hydrogens is 208 g/mol. The number of carbonyl (C=O) groups excluding carboxylic acids is 1. The van der Waals surface area contributed by atoms with Crippen LogP contribution < -0.4 is 0 Å². The number of ether oxygens (including phenoxy) is 1. The fraction of sp³-hybridized carbons (Fsp3) is 0.125. The molecule has 2 heterocycles. The van der Waals surface area contributed by atoms with Gasteiger partial charge in [0.05, 0.1) is 11.1 Å². The van der Waals surface area contributed by atoms with Gasteiger partial charge in [0, 0.05) is 11.5 Å². The Bertz CT molecular complexity index is 423. The molecule has 0 aliphatic rings. The van der Waals surface area contributed by atoms with Crippen LogP contribution in [0.15, 0.2) is 12.1 Å². The van der Waals surface area contributed by atoms with Crippen LogP contribution in [0.25, 0.3) is 9.40 Å². The van der Waals surface area contributed by atoms with Gasteiger partial charge in [0.2, 0.25) is 0 Å². The molecule has 3 nitrogen and oxygen atoms in total. The molecule has 0 fully saturated rings. The van der Waals surface area contributed by atoms with E-state index in [4.69, 9.17) is 5.11 Å². The van der Waals surface area contributed by atoms with Gasteiger partial charge in [0.1, 0.15) is 4.88 Å². The number of methoxy groups -OCH3 is 1. The number of rotatable bonds is 1. The average molecular weight is 214 g/mol. The van der Waals surface area contributed by atoms with Gasteiger partial charge >= 0.3 is 5.97 Å². The fourth-order valence-electron chi connectivity index (χ4n) is 1.03. The van der Waals surface area contributed by atoms with E-state index < -0.39 is 0 Å². The summed E-state index contributed by atoms with van der Waals surface area (Å²) in [6, 6.07) is 3.37. The quantitative estimate of drug-likeness (QED) is 0.742. The molecule has 1 N–H and O–H groups in total. The molecule has 0 radical (unpaired) electrons. The summed E-state index contributed by atoms with van der Waals surface area (Å²) < 4.78 is 5.52. The molecule has 68 valence electrons. The zero-order chi connectivity index (χ0) is 9.42. The minimum atomic E-state index is -0.326. The summed E-state index contributed by atoms with van der Waals surface area (Å²) in [6.45, 7) is 0. The van der Waals surface area contributed by atoms with Gasteiger partial charge in [-0.05, 0) is 6.07 Å². The molecule has 2 rings (SSSR count). The van der Waals surface area contributed by atoms with Gasteiger partial charge in [-0.25, -0.2) is 4.79 Å². The predicted molar refractivity (Wildman–Crippen MR) is 52.7 cm³/mol. The molecule has 0 saturated heterocycles. The first-order chi connectivity index (χ1) is 6.20. The Hall–Kier alpha value is -1.07. The minimum Gasteiger partial charge on any atom is -0.499 e. The van der Waals surface area contributed by atoms with Crippen molar-refractivity contribution in [2.45, 2.75) is 0 Å². The van der Waals surface area contributed by atoms with Crippen molar-refractivity contribution in [1.29, 1.82) is 0 Å². The maximum Gasteiger partial charge on any atom is 0.348 e. The van der Waals surface area contributed by atoms with E-state index >= 15 is 0 Å². The predicted octanol–water partition coefficient (Wildman–Crippen LogP) is 2.46.